The van der Waals surface area contributed by atoms with E-state index in [0.29, 0.717) is 27.9 Å². The van der Waals surface area contributed by atoms with Crippen LogP contribution in [0.15, 0.2) is 46.1 Å². The summed E-state index contributed by atoms with van der Waals surface area (Å²) in [6.07, 6.45) is 3.28. The highest BCUT2D eigenvalue weighted by Gasteiger charge is 2.11. The largest absolute Gasteiger partial charge is 0.493 e. The molecule has 3 aromatic rings. The Bertz CT molecular complexity index is 926. The second kappa shape index (κ2) is 7.35. The van der Waals surface area contributed by atoms with Crippen LogP contribution in [-0.4, -0.2) is 34.3 Å². The van der Waals surface area contributed by atoms with Gasteiger partial charge >= 0.3 is 0 Å². The second-order valence-electron chi connectivity index (χ2n) is 5.46. The minimum absolute atomic E-state index is 0.0362. The molecule has 1 N–H and O–H groups in total. The monoisotopic (exact) mass is 358 g/mol. The number of hydrogen-bond donors (Lipinski definition) is 1. The van der Waals surface area contributed by atoms with Gasteiger partial charge < -0.3 is 13.9 Å². The quantitative estimate of drug-likeness (QED) is 0.534. The summed E-state index contributed by atoms with van der Waals surface area (Å²) < 4.78 is 18.3. The number of furan rings is 1. The molecule has 0 saturated heterocycles. The van der Waals surface area contributed by atoms with Crippen molar-refractivity contribution in [2.75, 3.05) is 7.11 Å². The molecule has 130 valence electrons. The molecule has 0 atom stereocenters. The van der Waals surface area contributed by atoms with Crippen LogP contribution in [0.3, 0.4) is 0 Å². The Labute approximate surface area is 149 Å². The third kappa shape index (κ3) is 3.80. The van der Waals surface area contributed by atoms with Crippen LogP contribution < -0.4 is 9.47 Å². The van der Waals surface area contributed by atoms with E-state index >= 15 is 0 Å². The topological polar surface area (TPSA) is 77.6 Å². The summed E-state index contributed by atoms with van der Waals surface area (Å²) >= 11 is 5.23. The summed E-state index contributed by atoms with van der Waals surface area (Å²) in [6.45, 7) is 3.92. The van der Waals surface area contributed by atoms with Crippen LogP contribution in [-0.2, 0) is 0 Å². The van der Waals surface area contributed by atoms with Crippen molar-refractivity contribution in [1.82, 2.24) is 14.9 Å². The lowest BCUT2D eigenvalue weighted by molar-refractivity contribution is 0.230. The average Bonchev–Trinajstić information content (AvgIpc) is 3.22. The molecule has 0 aliphatic carbocycles. The van der Waals surface area contributed by atoms with E-state index in [0.717, 1.165) is 5.56 Å². The van der Waals surface area contributed by atoms with Crippen LogP contribution in [0, 0.1) is 4.77 Å². The number of hydrogen-bond acceptors (Lipinski definition) is 6. The third-order valence-electron chi connectivity index (χ3n) is 3.26. The molecule has 25 heavy (non-hydrogen) atoms. The Morgan fingerprint density at radius 1 is 1.32 bits per heavy atom. The summed E-state index contributed by atoms with van der Waals surface area (Å²) in [5.41, 5.74) is 0.838. The highest BCUT2D eigenvalue weighted by Crippen LogP contribution is 2.28. The fraction of sp³-hybridized carbons (Fsp3) is 0.235. The highest BCUT2D eigenvalue weighted by atomic mass is 32.1. The molecule has 0 saturated carbocycles. The zero-order valence-corrected chi connectivity index (χ0v) is 14.9. The fourth-order valence-electron chi connectivity index (χ4n) is 2.21. The molecule has 3 rings (SSSR count). The number of aromatic amines is 1. The molecule has 0 aliphatic heterocycles. The van der Waals surface area contributed by atoms with Gasteiger partial charge in [-0.2, -0.15) is 9.78 Å². The van der Waals surface area contributed by atoms with E-state index in [2.05, 4.69) is 15.3 Å². The van der Waals surface area contributed by atoms with Crippen LogP contribution in [0.1, 0.15) is 19.4 Å². The molecule has 0 unspecified atom stereocenters. The molecule has 1 aromatic carbocycles. The number of H-pyrrole nitrogens is 1. The fourth-order valence-corrected chi connectivity index (χ4v) is 2.39. The van der Waals surface area contributed by atoms with Gasteiger partial charge in [0, 0.05) is 0 Å². The Balaban J connectivity index is 1.93. The van der Waals surface area contributed by atoms with Crippen molar-refractivity contribution in [3.63, 3.8) is 0 Å². The molecule has 0 radical (unpaired) electrons. The molecule has 2 heterocycles. The van der Waals surface area contributed by atoms with Crippen LogP contribution >= 0.6 is 12.2 Å². The van der Waals surface area contributed by atoms with E-state index in [1.165, 1.54) is 4.68 Å². The first-order valence-electron chi connectivity index (χ1n) is 7.69. The van der Waals surface area contributed by atoms with Gasteiger partial charge in [0.1, 0.15) is 0 Å². The van der Waals surface area contributed by atoms with Gasteiger partial charge in [-0.3, -0.25) is 0 Å². The predicted molar refractivity (Wildman–Crippen MR) is 96.9 cm³/mol. The van der Waals surface area contributed by atoms with Gasteiger partial charge in [0.05, 0.1) is 25.7 Å². The minimum atomic E-state index is 0.0362. The van der Waals surface area contributed by atoms with E-state index < -0.39 is 0 Å². The van der Waals surface area contributed by atoms with Crippen molar-refractivity contribution in [3.8, 4) is 23.1 Å². The van der Waals surface area contributed by atoms with Crippen LogP contribution in [0.25, 0.3) is 11.6 Å². The molecular formula is C17H18N4O3S. The first kappa shape index (κ1) is 17.0. The zero-order valence-electron chi connectivity index (χ0n) is 14.1. The molecular weight excluding hydrogens is 340 g/mol. The SMILES string of the molecule is COc1ccc(/C=N\n2c(-c3ccco3)n[nH]c2=S)cc1OC(C)C. The van der Waals surface area contributed by atoms with Gasteiger partial charge in [0.25, 0.3) is 0 Å². The maximum atomic E-state index is 5.77. The summed E-state index contributed by atoms with van der Waals surface area (Å²) in [7, 11) is 1.61. The van der Waals surface area contributed by atoms with Gasteiger partial charge in [-0.05, 0) is 62.0 Å². The summed E-state index contributed by atoms with van der Waals surface area (Å²) in [5, 5.41) is 11.3. The van der Waals surface area contributed by atoms with Crippen LogP contribution in [0.5, 0.6) is 11.5 Å². The number of nitrogens with zero attached hydrogens (tertiary/aromatic N) is 3. The summed E-state index contributed by atoms with van der Waals surface area (Å²) in [6, 6.07) is 9.14. The van der Waals surface area contributed by atoms with E-state index in [-0.39, 0.29) is 6.10 Å². The molecule has 2 aromatic heterocycles. The normalized spacial score (nSPS) is 11.4. The number of benzene rings is 1. The minimum Gasteiger partial charge on any atom is -0.493 e. The third-order valence-corrected chi connectivity index (χ3v) is 3.53. The maximum absolute atomic E-state index is 5.77. The van der Waals surface area contributed by atoms with E-state index in [1.54, 1.807) is 31.7 Å². The number of rotatable bonds is 6. The smallest absolute Gasteiger partial charge is 0.219 e. The summed E-state index contributed by atoms with van der Waals surface area (Å²) in [5.74, 6) is 2.40. The van der Waals surface area contributed by atoms with Crippen molar-refractivity contribution in [3.05, 3.63) is 46.9 Å². The van der Waals surface area contributed by atoms with Crippen molar-refractivity contribution in [1.29, 1.82) is 0 Å². The van der Waals surface area contributed by atoms with Crippen molar-refractivity contribution < 1.29 is 13.9 Å². The standard InChI is InChI=1S/C17H18N4O3S/c1-11(2)24-15-9-12(6-7-13(15)22-3)10-18-21-16(19-20-17(21)25)14-5-4-8-23-14/h4-11H,1-3H3,(H,20,25)/b18-10-. The molecule has 7 nitrogen and oxygen atoms in total. The maximum Gasteiger partial charge on any atom is 0.219 e. The Morgan fingerprint density at radius 3 is 2.84 bits per heavy atom. The molecule has 8 heteroatoms. The summed E-state index contributed by atoms with van der Waals surface area (Å²) in [4.78, 5) is 0. The highest BCUT2D eigenvalue weighted by molar-refractivity contribution is 7.71. The second-order valence-corrected chi connectivity index (χ2v) is 5.85. The van der Waals surface area contributed by atoms with Gasteiger partial charge in [-0.15, -0.1) is 5.10 Å². The first-order valence-corrected chi connectivity index (χ1v) is 8.09. The predicted octanol–water partition coefficient (Wildman–Crippen LogP) is 3.88. The molecule has 0 fully saturated rings. The van der Waals surface area contributed by atoms with Gasteiger partial charge in [0.2, 0.25) is 10.6 Å². The Kier molecular flexibility index (Phi) is 4.99. The lowest BCUT2D eigenvalue weighted by atomic mass is 10.2. The van der Waals surface area contributed by atoms with E-state index in [1.807, 2.05) is 32.0 Å². The zero-order chi connectivity index (χ0) is 17.8. The van der Waals surface area contributed by atoms with Crippen LogP contribution in [0.4, 0.5) is 0 Å². The lowest BCUT2D eigenvalue weighted by Gasteiger charge is -2.13. The average molecular weight is 358 g/mol. The number of aromatic nitrogens is 3. The molecule has 0 aliphatic rings. The Morgan fingerprint density at radius 2 is 2.16 bits per heavy atom. The van der Waals surface area contributed by atoms with Crippen molar-refractivity contribution in [2.45, 2.75) is 20.0 Å². The van der Waals surface area contributed by atoms with Gasteiger partial charge in [-0.1, -0.05) is 0 Å². The van der Waals surface area contributed by atoms with Crippen LogP contribution in [0.2, 0.25) is 0 Å². The van der Waals surface area contributed by atoms with Crippen molar-refractivity contribution in [2.24, 2.45) is 5.10 Å². The van der Waals surface area contributed by atoms with E-state index in [9.17, 15) is 0 Å². The van der Waals surface area contributed by atoms with E-state index in [4.69, 9.17) is 26.1 Å². The van der Waals surface area contributed by atoms with Gasteiger partial charge in [-0.25, -0.2) is 5.10 Å². The lowest BCUT2D eigenvalue weighted by Crippen LogP contribution is -2.07. The molecule has 0 bridgehead atoms. The number of methoxy groups -OCH3 is 1. The number of nitrogens with one attached hydrogen (secondary N) is 1. The Hall–Kier alpha value is -2.87. The number of ether oxygens (including phenoxy) is 2. The van der Waals surface area contributed by atoms with Gasteiger partial charge in [0.15, 0.2) is 17.3 Å². The molecule has 0 amide bonds. The van der Waals surface area contributed by atoms with Crippen molar-refractivity contribution >= 4 is 18.4 Å². The molecule has 0 spiro atoms. The first-order chi connectivity index (χ1) is 12.1.